The van der Waals surface area contributed by atoms with Gasteiger partial charge in [-0.15, -0.1) is 0 Å². The van der Waals surface area contributed by atoms with Crippen LogP contribution in [0.3, 0.4) is 0 Å². The van der Waals surface area contributed by atoms with Crippen molar-refractivity contribution in [2.45, 2.75) is 6.04 Å². The predicted molar refractivity (Wildman–Crippen MR) is 89.6 cm³/mol. The Morgan fingerprint density at radius 2 is 2.30 bits per heavy atom. The third-order valence-corrected chi connectivity index (χ3v) is 5.14. The maximum atomic E-state index is 12.6. The van der Waals surface area contributed by atoms with Crippen molar-refractivity contribution in [3.63, 3.8) is 0 Å². The first kappa shape index (κ1) is 16.0. The second-order valence-corrected chi connectivity index (χ2v) is 6.41. The Balaban J connectivity index is 1.79. The maximum Gasteiger partial charge on any atom is 0.277 e. The summed E-state index contributed by atoms with van der Waals surface area (Å²) in [5, 5.41) is 3.36. The van der Waals surface area contributed by atoms with Crippen LogP contribution in [0.5, 0.6) is 5.75 Å². The molecule has 1 aromatic heterocycles. The van der Waals surface area contributed by atoms with Crippen molar-refractivity contribution in [3.05, 3.63) is 50.1 Å². The number of aromatic amines is 1. The van der Waals surface area contributed by atoms with Gasteiger partial charge in [0.25, 0.3) is 11.5 Å². The van der Waals surface area contributed by atoms with E-state index in [9.17, 15) is 9.59 Å². The van der Waals surface area contributed by atoms with E-state index < -0.39 is 5.56 Å². The van der Waals surface area contributed by atoms with E-state index in [0.717, 1.165) is 22.8 Å². The van der Waals surface area contributed by atoms with Crippen LogP contribution < -0.4 is 15.6 Å². The van der Waals surface area contributed by atoms with E-state index in [1.165, 1.54) is 0 Å². The van der Waals surface area contributed by atoms with Crippen LogP contribution in [0.1, 0.15) is 21.3 Å². The maximum absolute atomic E-state index is 12.6. The molecule has 1 unspecified atom stereocenters. The number of rotatable bonds is 3. The molecule has 0 saturated carbocycles. The fraction of sp³-hybridized carbons (Fsp3) is 0.333. The second-order valence-electron chi connectivity index (χ2n) is 5.21. The summed E-state index contributed by atoms with van der Waals surface area (Å²) in [6.07, 6.45) is 0. The van der Waals surface area contributed by atoms with Crippen LogP contribution in [0, 0.1) is 0 Å². The van der Waals surface area contributed by atoms with Crippen molar-refractivity contribution in [1.29, 1.82) is 0 Å². The van der Waals surface area contributed by atoms with Gasteiger partial charge < -0.3 is 15.0 Å². The standard InChI is InChI=1S/C15H16ClN3O3S/c1-22-10-4-2-3-9(7-10)11-8-19(6-5-17-11)15(21)13-12(16)14(20)18-23-13/h2-4,7,11,17H,5-6,8H2,1H3,(H,18,20). The second kappa shape index (κ2) is 6.74. The summed E-state index contributed by atoms with van der Waals surface area (Å²) in [5.41, 5.74) is 0.634. The lowest BCUT2D eigenvalue weighted by Gasteiger charge is -2.33. The van der Waals surface area contributed by atoms with Crippen molar-refractivity contribution in [2.24, 2.45) is 0 Å². The molecule has 0 radical (unpaired) electrons. The summed E-state index contributed by atoms with van der Waals surface area (Å²) < 4.78 is 7.73. The Labute approximate surface area is 142 Å². The fourth-order valence-electron chi connectivity index (χ4n) is 2.59. The Morgan fingerprint density at radius 1 is 1.48 bits per heavy atom. The summed E-state index contributed by atoms with van der Waals surface area (Å²) in [6.45, 7) is 1.75. The van der Waals surface area contributed by atoms with E-state index in [1.807, 2.05) is 24.3 Å². The summed E-state index contributed by atoms with van der Waals surface area (Å²) in [6, 6.07) is 7.76. The monoisotopic (exact) mass is 353 g/mol. The quantitative estimate of drug-likeness (QED) is 0.883. The average Bonchev–Trinajstić information content (AvgIpc) is 2.93. The highest BCUT2D eigenvalue weighted by molar-refractivity contribution is 7.08. The highest BCUT2D eigenvalue weighted by Gasteiger charge is 2.28. The zero-order valence-corrected chi connectivity index (χ0v) is 14.0. The third kappa shape index (κ3) is 3.26. The van der Waals surface area contributed by atoms with Gasteiger partial charge in [-0.1, -0.05) is 35.3 Å². The molecule has 1 aliphatic rings. The van der Waals surface area contributed by atoms with Crippen LogP contribution in [0.25, 0.3) is 0 Å². The molecule has 1 fully saturated rings. The topological polar surface area (TPSA) is 74.4 Å². The van der Waals surface area contributed by atoms with Crippen molar-refractivity contribution >= 4 is 29.0 Å². The van der Waals surface area contributed by atoms with Crippen LogP contribution in [0.2, 0.25) is 5.02 Å². The zero-order valence-electron chi connectivity index (χ0n) is 12.5. The minimum absolute atomic E-state index is 0.0113. The highest BCUT2D eigenvalue weighted by atomic mass is 35.5. The molecular weight excluding hydrogens is 338 g/mol. The Bertz CT molecular complexity index is 773. The number of aromatic nitrogens is 1. The van der Waals surface area contributed by atoms with Gasteiger partial charge in [0.05, 0.1) is 13.2 Å². The van der Waals surface area contributed by atoms with Gasteiger partial charge in [-0.2, -0.15) is 0 Å². The molecule has 8 heteroatoms. The number of hydrogen-bond donors (Lipinski definition) is 2. The van der Waals surface area contributed by atoms with E-state index in [1.54, 1.807) is 12.0 Å². The molecule has 3 rings (SSSR count). The molecule has 1 aliphatic heterocycles. The van der Waals surface area contributed by atoms with Gasteiger partial charge in [0.2, 0.25) is 0 Å². The zero-order chi connectivity index (χ0) is 16.4. The van der Waals surface area contributed by atoms with Crippen LogP contribution in [0.15, 0.2) is 29.1 Å². The van der Waals surface area contributed by atoms with Gasteiger partial charge in [0.15, 0.2) is 0 Å². The van der Waals surface area contributed by atoms with E-state index in [0.29, 0.717) is 19.6 Å². The molecule has 6 nitrogen and oxygen atoms in total. The van der Waals surface area contributed by atoms with Crippen LogP contribution in [-0.4, -0.2) is 41.9 Å². The van der Waals surface area contributed by atoms with Gasteiger partial charge in [-0.05, 0) is 17.7 Å². The first-order valence-electron chi connectivity index (χ1n) is 7.13. The van der Waals surface area contributed by atoms with Gasteiger partial charge in [0.1, 0.15) is 15.6 Å². The number of benzene rings is 1. The van der Waals surface area contributed by atoms with E-state index in [-0.39, 0.29) is 21.8 Å². The number of halogens is 1. The average molecular weight is 354 g/mol. The van der Waals surface area contributed by atoms with Gasteiger partial charge in [-0.3, -0.25) is 14.0 Å². The summed E-state index contributed by atoms with van der Waals surface area (Å²) >= 11 is 6.88. The van der Waals surface area contributed by atoms with Gasteiger partial charge >= 0.3 is 0 Å². The minimum atomic E-state index is -0.417. The third-order valence-electron chi connectivity index (χ3n) is 3.80. The van der Waals surface area contributed by atoms with Crippen LogP contribution in [-0.2, 0) is 0 Å². The number of H-pyrrole nitrogens is 1. The van der Waals surface area contributed by atoms with Crippen LogP contribution >= 0.6 is 23.1 Å². The molecule has 23 heavy (non-hydrogen) atoms. The number of nitrogens with one attached hydrogen (secondary N) is 2. The molecule has 1 atom stereocenters. The minimum Gasteiger partial charge on any atom is -0.497 e. The number of hydrogen-bond acceptors (Lipinski definition) is 5. The van der Waals surface area contributed by atoms with Crippen molar-refractivity contribution in [2.75, 3.05) is 26.7 Å². The molecule has 0 spiro atoms. The van der Waals surface area contributed by atoms with Gasteiger partial charge in [0, 0.05) is 19.6 Å². The number of carbonyl (C=O) groups is 1. The highest BCUT2D eigenvalue weighted by Crippen LogP contribution is 2.24. The van der Waals surface area contributed by atoms with Crippen molar-refractivity contribution in [1.82, 2.24) is 14.6 Å². The molecule has 2 N–H and O–H groups in total. The summed E-state index contributed by atoms with van der Waals surface area (Å²) in [7, 11) is 1.62. The molecule has 0 bridgehead atoms. The SMILES string of the molecule is COc1cccc(C2CN(C(=O)c3s[nH]c(=O)c3Cl)CCN2)c1. The summed E-state index contributed by atoms with van der Waals surface area (Å²) in [5.74, 6) is 0.562. The molecule has 1 amide bonds. The molecule has 2 aromatic rings. The van der Waals surface area contributed by atoms with Gasteiger partial charge in [-0.25, -0.2) is 0 Å². The number of carbonyl (C=O) groups excluding carboxylic acids is 1. The number of methoxy groups -OCH3 is 1. The lowest BCUT2D eigenvalue weighted by Crippen LogP contribution is -2.48. The normalized spacial score (nSPS) is 18.0. The lowest BCUT2D eigenvalue weighted by atomic mass is 10.0. The molecule has 1 saturated heterocycles. The van der Waals surface area contributed by atoms with Crippen molar-refractivity contribution in [3.8, 4) is 5.75 Å². The smallest absolute Gasteiger partial charge is 0.277 e. The molecule has 1 aromatic carbocycles. The first-order valence-corrected chi connectivity index (χ1v) is 8.33. The fourth-order valence-corrected chi connectivity index (χ4v) is 3.58. The van der Waals surface area contributed by atoms with Crippen LogP contribution in [0.4, 0.5) is 0 Å². The predicted octanol–water partition coefficient (Wildman–Crippen LogP) is 1.89. The molecular formula is C15H16ClN3O3S. The number of ether oxygens (including phenoxy) is 1. The molecule has 2 heterocycles. The molecule has 0 aliphatic carbocycles. The number of piperazine rings is 1. The Morgan fingerprint density at radius 3 is 3.00 bits per heavy atom. The number of amides is 1. The van der Waals surface area contributed by atoms with E-state index >= 15 is 0 Å². The molecule has 122 valence electrons. The van der Waals surface area contributed by atoms with Crippen molar-refractivity contribution < 1.29 is 9.53 Å². The number of nitrogens with zero attached hydrogens (tertiary/aromatic N) is 1. The lowest BCUT2D eigenvalue weighted by molar-refractivity contribution is 0.0708. The van der Waals surface area contributed by atoms with E-state index in [2.05, 4.69) is 9.69 Å². The Hall–Kier alpha value is -1.83. The van der Waals surface area contributed by atoms with E-state index in [4.69, 9.17) is 16.3 Å². The first-order chi connectivity index (χ1) is 11.1. The largest absolute Gasteiger partial charge is 0.497 e. The Kier molecular flexibility index (Phi) is 4.70. The summed E-state index contributed by atoms with van der Waals surface area (Å²) in [4.78, 5) is 26.0.